The van der Waals surface area contributed by atoms with E-state index in [9.17, 15) is 4.79 Å². The lowest BCUT2D eigenvalue weighted by atomic mass is 10.1. The summed E-state index contributed by atoms with van der Waals surface area (Å²) < 4.78 is 16.4. The van der Waals surface area contributed by atoms with E-state index in [2.05, 4.69) is 4.98 Å². The van der Waals surface area contributed by atoms with Gasteiger partial charge in [0.2, 0.25) is 5.91 Å². The first-order valence-electron chi connectivity index (χ1n) is 7.78. The first kappa shape index (κ1) is 17.4. The standard InChI is InChI=1S/C18H20N2O4S/c1-22-13-8-14(23-2)17(15(9-13)24-3)18-20(16(21)11-25-18)10-12-6-4-5-7-19-12/h4-9,18H,10-11H2,1-3H3. The Labute approximate surface area is 151 Å². The summed E-state index contributed by atoms with van der Waals surface area (Å²) in [4.78, 5) is 18.6. The Bertz CT molecular complexity index is 729. The first-order chi connectivity index (χ1) is 12.2. The van der Waals surface area contributed by atoms with E-state index in [-0.39, 0.29) is 11.3 Å². The fraction of sp³-hybridized carbons (Fsp3) is 0.333. The molecule has 0 N–H and O–H groups in total. The van der Waals surface area contributed by atoms with Crippen LogP contribution >= 0.6 is 11.8 Å². The number of carbonyl (C=O) groups is 1. The summed E-state index contributed by atoms with van der Waals surface area (Å²) in [6.07, 6.45) is 1.73. The number of methoxy groups -OCH3 is 3. The molecular weight excluding hydrogens is 340 g/mol. The van der Waals surface area contributed by atoms with Gasteiger partial charge in [-0.15, -0.1) is 11.8 Å². The van der Waals surface area contributed by atoms with Gasteiger partial charge in [0.1, 0.15) is 22.6 Å². The average Bonchev–Trinajstić information content (AvgIpc) is 3.01. The summed E-state index contributed by atoms with van der Waals surface area (Å²) in [7, 11) is 4.79. The molecule has 1 amide bonds. The minimum Gasteiger partial charge on any atom is -0.496 e. The summed E-state index contributed by atoms with van der Waals surface area (Å²) in [5, 5.41) is -0.203. The Kier molecular flexibility index (Phi) is 5.33. The molecule has 1 aromatic heterocycles. The van der Waals surface area contributed by atoms with E-state index >= 15 is 0 Å². The highest BCUT2D eigenvalue weighted by Gasteiger charge is 2.37. The van der Waals surface area contributed by atoms with E-state index in [1.54, 1.807) is 56.3 Å². The van der Waals surface area contributed by atoms with Crippen molar-refractivity contribution in [1.82, 2.24) is 9.88 Å². The zero-order valence-corrected chi connectivity index (χ0v) is 15.2. The molecule has 6 nitrogen and oxygen atoms in total. The van der Waals surface area contributed by atoms with Crippen molar-refractivity contribution in [3.8, 4) is 17.2 Å². The van der Waals surface area contributed by atoms with Gasteiger partial charge < -0.3 is 19.1 Å². The van der Waals surface area contributed by atoms with Crippen LogP contribution in [0.3, 0.4) is 0 Å². The number of ether oxygens (including phenoxy) is 3. The van der Waals surface area contributed by atoms with E-state index in [4.69, 9.17) is 14.2 Å². The molecule has 1 aliphatic rings. The van der Waals surface area contributed by atoms with E-state index < -0.39 is 0 Å². The average molecular weight is 360 g/mol. The zero-order chi connectivity index (χ0) is 17.8. The van der Waals surface area contributed by atoms with Crippen LogP contribution in [0.25, 0.3) is 0 Å². The third-order valence-electron chi connectivity index (χ3n) is 4.03. The van der Waals surface area contributed by atoms with Crippen LogP contribution in [0.4, 0.5) is 0 Å². The Morgan fingerprint density at radius 2 is 1.88 bits per heavy atom. The first-order valence-corrected chi connectivity index (χ1v) is 8.83. The molecule has 25 heavy (non-hydrogen) atoms. The van der Waals surface area contributed by atoms with Gasteiger partial charge in [0.15, 0.2) is 0 Å². The molecule has 0 radical (unpaired) electrons. The van der Waals surface area contributed by atoms with Crippen LogP contribution in [0.15, 0.2) is 36.5 Å². The predicted octanol–water partition coefficient (Wildman–Crippen LogP) is 2.88. The molecule has 1 atom stereocenters. The van der Waals surface area contributed by atoms with Crippen molar-refractivity contribution in [1.29, 1.82) is 0 Å². The van der Waals surface area contributed by atoms with Crippen molar-refractivity contribution in [3.05, 3.63) is 47.8 Å². The van der Waals surface area contributed by atoms with Crippen LogP contribution in [0.5, 0.6) is 17.2 Å². The van der Waals surface area contributed by atoms with Crippen LogP contribution in [0.1, 0.15) is 16.6 Å². The third kappa shape index (κ3) is 3.51. The van der Waals surface area contributed by atoms with Crippen molar-refractivity contribution in [2.45, 2.75) is 11.9 Å². The number of rotatable bonds is 6. The normalized spacial score (nSPS) is 16.8. The molecule has 0 aliphatic carbocycles. The van der Waals surface area contributed by atoms with Gasteiger partial charge in [-0.05, 0) is 12.1 Å². The van der Waals surface area contributed by atoms with Gasteiger partial charge in [-0.25, -0.2) is 0 Å². The van der Waals surface area contributed by atoms with Crippen molar-refractivity contribution in [2.75, 3.05) is 27.1 Å². The highest BCUT2D eigenvalue weighted by molar-refractivity contribution is 8.00. The smallest absolute Gasteiger partial charge is 0.234 e. The molecule has 3 rings (SSSR count). The summed E-state index contributed by atoms with van der Waals surface area (Å²) >= 11 is 1.55. The van der Waals surface area contributed by atoms with Crippen LogP contribution in [-0.4, -0.2) is 42.9 Å². The lowest BCUT2D eigenvalue weighted by molar-refractivity contribution is -0.128. The highest BCUT2D eigenvalue weighted by Crippen LogP contribution is 2.48. The maximum Gasteiger partial charge on any atom is 0.234 e. The quantitative estimate of drug-likeness (QED) is 0.789. The highest BCUT2D eigenvalue weighted by atomic mass is 32.2. The van der Waals surface area contributed by atoms with Gasteiger partial charge in [-0.1, -0.05) is 6.07 Å². The maximum atomic E-state index is 12.5. The predicted molar refractivity (Wildman–Crippen MR) is 96.1 cm³/mol. The Morgan fingerprint density at radius 3 is 2.44 bits per heavy atom. The zero-order valence-electron chi connectivity index (χ0n) is 14.4. The van der Waals surface area contributed by atoms with Gasteiger partial charge in [-0.2, -0.15) is 0 Å². The van der Waals surface area contributed by atoms with E-state index in [1.807, 2.05) is 18.2 Å². The SMILES string of the molecule is COc1cc(OC)c(C2SCC(=O)N2Cc2ccccn2)c(OC)c1. The van der Waals surface area contributed by atoms with Gasteiger partial charge >= 0.3 is 0 Å². The number of aromatic nitrogens is 1. The van der Waals surface area contributed by atoms with Crippen LogP contribution in [-0.2, 0) is 11.3 Å². The van der Waals surface area contributed by atoms with Crippen LogP contribution in [0.2, 0.25) is 0 Å². The molecule has 1 saturated heterocycles. The van der Waals surface area contributed by atoms with Gasteiger partial charge in [0, 0.05) is 18.3 Å². The summed E-state index contributed by atoms with van der Waals surface area (Å²) in [6.45, 7) is 0.440. The fourth-order valence-electron chi connectivity index (χ4n) is 2.81. The monoisotopic (exact) mass is 360 g/mol. The molecule has 0 bridgehead atoms. The minimum atomic E-state index is -0.203. The Morgan fingerprint density at radius 1 is 1.16 bits per heavy atom. The maximum absolute atomic E-state index is 12.5. The molecule has 0 saturated carbocycles. The van der Waals surface area contributed by atoms with Crippen molar-refractivity contribution in [2.24, 2.45) is 0 Å². The summed E-state index contributed by atoms with van der Waals surface area (Å²) in [5.74, 6) is 2.39. The number of thioether (sulfide) groups is 1. The number of benzene rings is 1. The number of hydrogen-bond donors (Lipinski definition) is 0. The molecule has 1 fully saturated rings. The van der Waals surface area contributed by atoms with E-state index in [1.165, 1.54) is 0 Å². The molecule has 132 valence electrons. The second-order valence-corrected chi connectivity index (χ2v) is 6.52. The number of carbonyl (C=O) groups excluding carboxylic acids is 1. The van der Waals surface area contributed by atoms with Crippen molar-refractivity contribution < 1.29 is 19.0 Å². The van der Waals surface area contributed by atoms with E-state index in [0.29, 0.717) is 29.5 Å². The second kappa shape index (κ2) is 7.65. The lowest BCUT2D eigenvalue weighted by Crippen LogP contribution is -2.28. The molecular formula is C18H20N2O4S. The van der Waals surface area contributed by atoms with Gasteiger partial charge in [0.25, 0.3) is 0 Å². The molecule has 1 aromatic carbocycles. The summed E-state index contributed by atoms with van der Waals surface area (Å²) in [6, 6.07) is 9.30. The number of pyridine rings is 1. The lowest BCUT2D eigenvalue weighted by Gasteiger charge is -2.27. The Balaban J connectivity index is 2.00. The largest absolute Gasteiger partial charge is 0.496 e. The number of nitrogens with zero attached hydrogens (tertiary/aromatic N) is 2. The Hall–Kier alpha value is -2.41. The molecule has 7 heteroatoms. The summed E-state index contributed by atoms with van der Waals surface area (Å²) in [5.41, 5.74) is 1.67. The van der Waals surface area contributed by atoms with E-state index in [0.717, 1.165) is 11.3 Å². The van der Waals surface area contributed by atoms with Crippen LogP contribution < -0.4 is 14.2 Å². The topological polar surface area (TPSA) is 60.9 Å². The minimum absolute atomic E-state index is 0.0700. The van der Waals surface area contributed by atoms with Crippen molar-refractivity contribution in [3.63, 3.8) is 0 Å². The molecule has 0 spiro atoms. The number of amides is 1. The third-order valence-corrected chi connectivity index (χ3v) is 5.25. The molecule has 2 aromatic rings. The van der Waals surface area contributed by atoms with Crippen LogP contribution in [0, 0.1) is 0 Å². The molecule has 2 heterocycles. The molecule has 1 unspecified atom stereocenters. The van der Waals surface area contributed by atoms with Crippen molar-refractivity contribution >= 4 is 17.7 Å². The fourth-order valence-corrected chi connectivity index (χ4v) is 4.04. The van der Waals surface area contributed by atoms with Gasteiger partial charge in [0.05, 0.1) is 44.9 Å². The molecule has 1 aliphatic heterocycles. The second-order valence-electron chi connectivity index (χ2n) is 5.45. The van der Waals surface area contributed by atoms with Gasteiger partial charge in [-0.3, -0.25) is 9.78 Å². The number of hydrogen-bond acceptors (Lipinski definition) is 6.